The molecule has 1 aliphatic heterocycles. The fraction of sp³-hybridized carbons (Fsp3) is 0.632. The summed E-state index contributed by atoms with van der Waals surface area (Å²) in [4.78, 5) is 12.7. The average Bonchev–Trinajstić information content (AvgIpc) is 3.22. The van der Waals surface area contributed by atoms with Crippen molar-refractivity contribution in [2.75, 3.05) is 18.9 Å². The van der Waals surface area contributed by atoms with Crippen LogP contribution in [-0.2, 0) is 10.1 Å². The highest BCUT2D eigenvalue weighted by Crippen LogP contribution is 2.48. The fourth-order valence-corrected chi connectivity index (χ4v) is 8.03. The van der Waals surface area contributed by atoms with E-state index in [9.17, 15) is 15.3 Å². The summed E-state index contributed by atoms with van der Waals surface area (Å²) >= 11 is 0. The van der Waals surface area contributed by atoms with Gasteiger partial charge in [-0.05, 0) is 0 Å². The number of imidazole rings is 1. The van der Waals surface area contributed by atoms with Gasteiger partial charge in [-0.15, -0.1) is 6.42 Å². The summed E-state index contributed by atoms with van der Waals surface area (Å²) in [5.41, 5.74) is 6.59. The molecule has 2 aromatic rings. The highest BCUT2D eigenvalue weighted by atomic mass is 28.3. The Morgan fingerprint density at radius 3 is 2.73 bits per heavy atom. The molecule has 1 aliphatic rings. The number of fused-ring (bicyclic) bond motifs is 1. The molecule has 4 atom stereocenters. The second-order valence-corrected chi connectivity index (χ2v) is 13.1. The number of nitrogen functional groups attached to an aromatic ring is 1. The number of nitrogens with two attached hydrogens (primary N) is 1. The van der Waals surface area contributed by atoms with Crippen LogP contribution in [0.4, 0.5) is 5.82 Å². The lowest BCUT2D eigenvalue weighted by atomic mass is 10.1. The Bertz CT molecular complexity index is 945. The molecule has 11 heteroatoms. The van der Waals surface area contributed by atoms with Crippen LogP contribution in [0.15, 0.2) is 6.33 Å². The number of rotatable bonds is 8. The van der Waals surface area contributed by atoms with Gasteiger partial charge in [0, 0.05) is 0 Å². The maximum absolute atomic E-state index is 11.3. The molecule has 0 bridgehead atoms. The number of terminal acetylenes is 1. The van der Waals surface area contributed by atoms with Crippen molar-refractivity contribution in [3.63, 3.8) is 0 Å². The van der Waals surface area contributed by atoms with Gasteiger partial charge >= 0.3 is 6.01 Å². The average molecular weight is 436 g/mol. The van der Waals surface area contributed by atoms with Crippen molar-refractivity contribution in [2.24, 2.45) is 0 Å². The van der Waals surface area contributed by atoms with E-state index in [1.807, 2.05) is 0 Å². The molecule has 1 fully saturated rings. The van der Waals surface area contributed by atoms with Crippen LogP contribution < -0.4 is 10.5 Å². The van der Waals surface area contributed by atoms with Crippen molar-refractivity contribution in [3.8, 4) is 18.4 Å². The second kappa shape index (κ2) is 8.48. The van der Waals surface area contributed by atoms with Gasteiger partial charge in [-0.3, -0.25) is 0 Å². The molecule has 0 spiro atoms. The molecule has 0 unspecified atom stereocenters. The first-order chi connectivity index (χ1) is 14.2. The molecule has 0 aliphatic carbocycles. The maximum Gasteiger partial charge on any atom is 0.301 e. The van der Waals surface area contributed by atoms with E-state index in [1.165, 1.54) is 6.33 Å². The summed E-state index contributed by atoms with van der Waals surface area (Å²) in [6, 6.07) is 0.845. The minimum atomic E-state index is -2.57. The van der Waals surface area contributed by atoms with Crippen molar-refractivity contribution in [1.29, 1.82) is 0 Å². The lowest BCUT2D eigenvalue weighted by molar-refractivity contribution is -0.0962. The number of nitrogens with zero attached hydrogens (tertiary/aromatic N) is 4. The van der Waals surface area contributed by atoms with Gasteiger partial charge in [0.15, 0.2) is 28.9 Å². The highest BCUT2D eigenvalue weighted by molar-refractivity contribution is 6.79. The van der Waals surface area contributed by atoms with E-state index in [0.29, 0.717) is 5.65 Å². The molecule has 3 rings (SSSR count). The summed E-state index contributed by atoms with van der Waals surface area (Å²) < 4.78 is 13.6. The fourth-order valence-electron chi connectivity index (χ4n) is 4.19. The van der Waals surface area contributed by atoms with Gasteiger partial charge in [0.05, 0.1) is 6.61 Å². The van der Waals surface area contributed by atoms with Crippen LogP contribution in [0.25, 0.3) is 11.2 Å². The zero-order valence-corrected chi connectivity index (χ0v) is 18.4. The first-order valence-electron chi connectivity index (χ1n) is 9.95. The van der Waals surface area contributed by atoms with Crippen LogP contribution in [0.1, 0.15) is 19.8 Å². The SMILES string of the molecule is C#CCOc1nc2c(N)ncnc2n1[C@]1([Si](C)(C)CCCC)O[C@H](CO)[C@@H](O)[C@H]1O. The molecular formula is C19H29N5O5Si. The topological polar surface area (TPSA) is 149 Å². The summed E-state index contributed by atoms with van der Waals surface area (Å²) in [7, 11) is -2.57. The summed E-state index contributed by atoms with van der Waals surface area (Å²) in [5, 5.41) is 30.4. The van der Waals surface area contributed by atoms with Crippen molar-refractivity contribution in [2.45, 2.75) is 62.6 Å². The number of unbranched alkanes of at least 4 members (excludes halogenated alkanes) is 1. The van der Waals surface area contributed by atoms with E-state index in [-0.39, 0.29) is 24.0 Å². The Morgan fingerprint density at radius 1 is 1.40 bits per heavy atom. The standard InChI is InChI=1S/C19H29N5O5Si/c1-5-7-9-30(3,4)19(15(27)14(26)12(10-25)29-19)24-17-13(16(20)21-11-22-17)23-18(24)28-8-6-2/h2,11-12,14-15,25-27H,5,7-10H2,1,3-4H3,(H2,20,21,22)/t12-,14-,15-,19+/m1/s1. The zero-order valence-electron chi connectivity index (χ0n) is 17.4. The van der Waals surface area contributed by atoms with E-state index in [4.69, 9.17) is 21.6 Å². The number of hydrogen-bond acceptors (Lipinski definition) is 9. The quantitative estimate of drug-likeness (QED) is 0.338. The van der Waals surface area contributed by atoms with E-state index in [0.717, 1.165) is 18.9 Å². The number of aliphatic hydroxyl groups excluding tert-OH is 3. The predicted molar refractivity (Wildman–Crippen MR) is 113 cm³/mol. The largest absolute Gasteiger partial charge is 0.451 e. The smallest absolute Gasteiger partial charge is 0.301 e. The van der Waals surface area contributed by atoms with Gasteiger partial charge in [0.25, 0.3) is 0 Å². The van der Waals surface area contributed by atoms with Crippen LogP contribution in [0.2, 0.25) is 19.1 Å². The van der Waals surface area contributed by atoms with Crippen molar-refractivity contribution in [3.05, 3.63) is 6.33 Å². The predicted octanol–water partition coefficient (Wildman–Crippen LogP) is 0.234. The minimum Gasteiger partial charge on any atom is -0.451 e. The van der Waals surface area contributed by atoms with Gasteiger partial charge in [0.2, 0.25) is 0 Å². The van der Waals surface area contributed by atoms with Gasteiger partial charge in [-0.1, -0.05) is 44.8 Å². The molecule has 2 aromatic heterocycles. The molecule has 164 valence electrons. The molecule has 30 heavy (non-hydrogen) atoms. The van der Waals surface area contributed by atoms with Crippen LogP contribution in [0, 0.1) is 12.3 Å². The Hall–Kier alpha value is -2.23. The molecule has 1 saturated heterocycles. The third-order valence-corrected chi connectivity index (χ3v) is 9.98. The lowest BCUT2D eigenvalue weighted by Crippen LogP contribution is -2.62. The minimum absolute atomic E-state index is 0.0667. The molecule has 0 amide bonds. The Morgan fingerprint density at radius 2 is 2.13 bits per heavy atom. The first kappa shape index (κ1) is 22.5. The molecule has 0 aromatic carbocycles. The van der Waals surface area contributed by atoms with Crippen LogP contribution in [0.5, 0.6) is 6.01 Å². The third kappa shape index (κ3) is 3.34. The second-order valence-electron chi connectivity index (χ2n) is 8.11. The number of aromatic nitrogens is 4. The Balaban J connectivity index is 2.34. The summed E-state index contributed by atoms with van der Waals surface area (Å²) in [6.45, 7) is 5.66. The van der Waals surface area contributed by atoms with Gasteiger partial charge in [-0.2, -0.15) is 4.98 Å². The van der Waals surface area contributed by atoms with E-state index in [1.54, 1.807) is 4.57 Å². The maximum atomic E-state index is 11.3. The summed E-state index contributed by atoms with van der Waals surface area (Å²) in [5.74, 6) is 2.53. The zero-order chi connectivity index (χ0) is 22.1. The van der Waals surface area contributed by atoms with Gasteiger partial charge in [0.1, 0.15) is 32.7 Å². The number of hydrogen-bond donors (Lipinski definition) is 4. The molecule has 5 N–H and O–H groups in total. The number of ether oxygens (including phenoxy) is 2. The number of anilines is 1. The van der Waals surface area contributed by atoms with Crippen molar-refractivity contribution < 1.29 is 24.8 Å². The lowest BCUT2D eigenvalue weighted by Gasteiger charge is -2.45. The Labute approximate surface area is 176 Å². The highest BCUT2D eigenvalue weighted by Gasteiger charge is 2.64. The van der Waals surface area contributed by atoms with E-state index < -0.39 is 38.3 Å². The van der Waals surface area contributed by atoms with E-state index >= 15 is 0 Å². The van der Waals surface area contributed by atoms with Crippen molar-refractivity contribution >= 4 is 25.1 Å². The van der Waals surface area contributed by atoms with Crippen LogP contribution in [0.3, 0.4) is 0 Å². The van der Waals surface area contributed by atoms with E-state index in [2.05, 4.69) is 40.9 Å². The van der Waals surface area contributed by atoms with Gasteiger partial charge < -0.3 is 30.5 Å². The molecule has 3 heterocycles. The number of aliphatic hydroxyl groups is 3. The molecular weight excluding hydrogens is 406 g/mol. The molecule has 0 radical (unpaired) electrons. The first-order valence-corrected chi connectivity index (χ1v) is 13.2. The van der Waals surface area contributed by atoms with Crippen LogP contribution >= 0.6 is 0 Å². The summed E-state index contributed by atoms with van der Waals surface area (Å²) in [6.07, 6.45) is 4.88. The molecule has 0 saturated carbocycles. The monoisotopic (exact) mass is 435 g/mol. The Kier molecular flexibility index (Phi) is 6.35. The third-order valence-electron chi connectivity index (χ3n) is 5.80. The normalized spacial score (nSPS) is 26.8. The van der Waals surface area contributed by atoms with Crippen LogP contribution in [-0.4, -0.2) is 74.4 Å². The van der Waals surface area contributed by atoms with Crippen molar-refractivity contribution in [1.82, 2.24) is 19.5 Å². The molecule has 10 nitrogen and oxygen atoms in total. The van der Waals surface area contributed by atoms with Gasteiger partial charge in [-0.25, -0.2) is 14.5 Å².